The van der Waals surface area contributed by atoms with Crippen LogP contribution < -0.4 is 0 Å². The van der Waals surface area contributed by atoms with Crippen molar-refractivity contribution in [2.75, 3.05) is 39.6 Å². The molecule has 0 saturated carbocycles. The third-order valence-corrected chi connectivity index (χ3v) is 20.1. The summed E-state index contributed by atoms with van der Waals surface area (Å²) in [4.78, 5) is 72.9. The zero-order valence-corrected chi connectivity index (χ0v) is 64.6. The third kappa shape index (κ3) is 69.2. The molecule has 0 aromatic heterocycles. The molecule has 0 saturated heterocycles. The largest absolute Gasteiger partial charge is 0.472 e. The number of rotatable bonds is 75. The third-order valence-electron chi connectivity index (χ3n) is 18.2. The molecule has 96 heavy (non-hydrogen) atoms. The first-order valence-electron chi connectivity index (χ1n) is 39.9. The van der Waals surface area contributed by atoms with Crippen molar-refractivity contribution in [2.45, 2.75) is 414 Å². The van der Waals surface area contributed by atoms with Crippen LogP contribution in [0.3, 0.4) is 0 Å². The van der Waals surface area contributed by atoms with E-state index in [-0.39, 0.29) is 25.7 Å². The van der Waals surface area contributed by atoms with E-state index in [1.165, 1.54) is 205 Å². The van der Waals surface area contributed by atoms with E-state index < -0.39 is 97.5 Å². The Morgan fingerprint density at radius 2 is 0.531 bits per heavy atom. The van der Waals surface area contributed by atoms with Crippen molar-refractivity contribution < 1.29 is 80.2 Å². The second-order valence-corrected chi connectivity index (χ2v) is 31.8. The normalized spacial score (nSPS) is 14.3. The molecule has 0 rings (SSSR count). The minimum absolute atomic E-state index is 0.104. The summed E-state index contributed by atoms with van der Waals surface area (Å²) >= 11 is 0. The molecule has 0 aliphatic carbocycles. The van der Waals surface area contributed by atoms with Crippen molar-refractivity contribution in [1.29, 1.82) is 0 Å². The van der Waals surface area contributed by atoms with Gasteiger partial charge in [-0.3, -0.25) is 37.3 Å². The van der Waals surface area contributed by atoms with Gasteiger partial charge in [0.2, 0.25) is 0 Å². The summed E-state index contributed by atoms with van der Waals surface area (Å²) in [5, 5.41) is 10.6. The van der Waals surface area contributed by atoms with Gasteiger partial charge >= 0.3 is 39.5 Å². The van der Waals surface area contributed by atoms with E-state index in [4.69, 9.17) is 37.0 Å². The first-order chi connectivity index (χ1) is 46.3. The summed E-state index contributed by atoms with van der Waals surface area (Å²) in [6.07, 6.45) is 54.1. The van der Waals surface area contributed by atoms with Gasteiger partial charge in [-0.2, -0.15) is 0 Å². The van der Waals surface area contributed by atoms with Crippen LogP contribution in [0.4, 0.5) is 0 Å². The lowest BCUT2D eigenvalue weighted by atomic mass is 9.99. The lowest BCUT2D eigenvalue weighted by Crippen LogP contribution is -2.30. The fraction of sp³-hybridized carbons (Fsp3) is 0.948. The number of phosphoric acid groups is 2. The zero-order chi connectivity index (χ0) is 70.9. The number of ether oxygens (including phenoxy) is 4. The minimum atomic E-state index is -4.96. The molecule has 17 nitrogen and oxygen atoms in total. The SMILES string of the molecule is CCCCCCCCCCCCCCCCCC(=O)OC[C@H](COP(=O)(O)OC[C@@H](O)COP(=O)(O)OC[C@@H](COC(=O)CCCCCCCCCCC(C)C)OC(=O)CCCCCCCCCCC(C)CC)OC(=O)CCCCCCCCCCCCCCCCCC(C)C. The summed E-state index contributed by atoms with van der Waals surface area (Å²) in [6.45, 7) is 11.9. The van der Waals surface area contributed by atoms with Gasteiger partial charge in [-0.15, -0.1) is 0 Å². The number of carbonyl (C=O) groups is 4. The van der Waals surface area contributed by atoms with E-state index in [1.807, 2.05) is 0 Å². The quantitative estimate of drug-likeness (QED) is 0.0222. The predicted molar refractivity (Wildman–Crippen MR) is 391 cm³/mol. The maximum Gasteiger partial charge on any atom is 0.472 e. The Kier molecular flexibility index (Phi) is 66.2. The number of phosphoric ester groups is 2. The van der Waals surface area contributed by atoms with Crippen LogP contribution in [0.15, 0.2) is 0 Å². The van der Waals surface area contributed by atoms with Gasteiger partial charge in [0.25, 0.3) is 0 Å². The van der Waals surface area contributed by atoms with Crippen molar-refractivity contribution in [2.24, 2.45) is 17.8 Å². The van der Waals surface area contributed by atoms with Crippen molar-refractivity contribution in [3.05, 3.63) is 0 Å². The molecule has 0 aromatic carbocycles. The van der Waals surface area contributed by atoms with Crippen LogP contribution in [-0.4, -0.2) is 96.7 Å². The molecule has 3 N–H and O–H groups in total. The van der Waals surface area contributed by atoms with E-state index in [2.05, 4.69) is 48.5 Å². The summed E-state index contributed by atoms with van der Waals surface area (Å²) in [7, 11) is -9.91. The highest BCUT2D eigenvalue weighted by molar-refractivity contribution is 7.47. The number of unbranched alkanes of at least 4 members (excludes halogenated alkanes) is 42. The van der Waals surface area contributed by atoms with Crippen molar-refractivity contribution in [3.63, 3.8) is 0 Å². The van der Waals surface area contributed by atoms with Crippen LogP contribution in [0.2, 0.25) is 0 Å². The highest BCUT2D eigenvalue weighted by atomic mass is 31.2. The van der Waals surface area contributed by atoms with Gasteiger partial charge in [0.05, 0.1) is 26.4 Å². The van der Waals surface area contributed by atoms with Crippen LogP contribution in [0.25, 0.3) is 0 Å². The number of aliphatic hydroxyl groups excluding tert-OH is 1. The van der Waals surface area contributed by atoms with Crippen LogP contribution in [0, 0.1) is 17.8 Å². The average Bonchev–Trinajstić information content (AvgIpc) is 1.84. The number of hydrogen-bond donors (Lipinski definition) is 3. The Morgan fingerprint density at radius 3 is 0.792 bits per heavy atom. The van der Waals surface area contributed by atoms with E-state index in [0.717, 1.165) is 108 Å². The summed E-state index contributed by atoms with van der Waals surface area (Å²) in [6, 6.07) is 0. The molecular weight excluding hydrogens is 1260 g/mol. The molecule has 0 aliphatic heterocycles. The van der Waals surface area contributed by atoms with E-state index >= 15 is 0 Å². The minimum Gasteiger partial charge on any atom is -0.462 e. The lowest BCUT2D eigenvalue weighted by Gasteiger charge is -2.21. The second-order valence-electron chi connectivity index (χ2n) is 28.9. The van der Waals surface area contributed by atoms with Crippen molar-refractivity contribution in [1.82, 2.24) is 0 Å². The van der Waals surface area contributed by atoms with E-state index in [9.17, 15) is 43.2 Å². The van der Waals surface area contributed by atoms with Gasteiger partial charge in [-0.25, -0.2) is 9.13 Å². The van der Waals surface area contributed by atoms with Crippen LogP contribution in [0.1, 0.15) is 395 Å². The molecule has 0 bridgehead atoms. The monoisotopic (exact) mass is 1410 g/mol. The van der Waals surface area contributed by atoms with Gasteiger partial charge in [-0.1, -0.05) is 344 Å². The molecule has 3 unspecified atom stereocenters. The lowest BCUT2D eigenvalue weighted by molar-refractivity contribution is -0.161. The molecule has 19 heteroatoms. The Bertz CT molecular complexity index is 1870. The molecule has 0 radical (unpaired) electrons. The smallest absolute Gasteiger partial charge is 0.462 e. The molecule has 0 amide bonds. The van der Waals surface area contributed by atoms with Gasteiger partial charge in [0, 0.05) is 25.7 Å². The Morgan fingerprint density at radius 1 is 0.302 bits per heavy atom. The summed E-state index contributed by atoms with van der Waals surface area (Å²) < 4.78 is 68.6. The maximum atomic E-state index is 13.1. The molecular formula is C77H150O17P2. The number of carbonyl (C=O) groups excluding carboxylic acids is 4. The highest BCUT2D eigenvalue weighted by Gasteiger charge is 2.30. The Hall–Kier alpha value is -1.94. The molecule has 0 fully saturated rings. The molecule has 0 aromatic rings. The van der Waals surface area contributed by atoms with Crippen LogP contribution in [0.5, 0.6) is 0 Å². The molecule has 0 heterocycles. The maximum absolute atomic E-state index is 13.1. The van der Waals surface area contributed by atoms with E-state index in [1.54, 1.807) is 0 Å². The van der Waals surface area contributed by atoms with Crippen LogP contribution >= 0.6 is 15.6 Å². The number of hydrogen-bond acceptors (Lipinski definition) is 15. The average molecular weight is 1410 g/mol. The van der Waals surface area contributed by atoms with Gasteiger partial charge in [0.1, 0.15) is 19.3 Å². The van der Waals surface area contributed by atoms with Gasteiger partial charge in [-0.05, 0) is 43.4 Å². The summed E-state index contributed by atoms with van der Waals surface area (Å²) in [5.41, 5.74) is 0. The van der Waals surface area contributed by atoms with Crippen molar-refractivity contribution in [3.8, 4) is 0 Å². The standard InChI is InChI=1S/C77H150O17P2/c1-8-10-11-12-13-14-15-16-18-22-25-28-37-44-51-58-74(79)87-64-72(93-76(81)60-53-46-39-29-26-23-20-17-19-21-24-27-34-41-48-55-68(3)4)66-91-95(83,84)89-62-71(78)63-90-96(85,86)92-67-73(65-88-75(80)59-52-45-38-32-30-35-42-49-56-69(5)6)94-77(82)61-54-47-40-33-31-36-43-50-57-70(7)9-2/h68-73,78H,8-67H2,1-7H3,(H,83,84)(H,85,86)/t70?,71-,72-,73-/m1/s1. The highest BCUT2D eigenvalue weighted by Crippen LogP contribution is 2.45. The van der Waals surface area contributed by atoms with Gasteiger partial charge < -0.3 is 33.8 Å². The zero-order valence-electron chi connectivity index (χ0n) is 62.8. The fourth-order valence-corrected chi connectivity index (χ4v) is 13.3. The second kappa shape index (κ2) is 67.5. The molecule has 570 valence electrons. The van der Waals surface area contributed by atoms with E-state index in [0.29, 0.717) is 25.7 Å². The predicted octanol–water partition coefficient (Wildman–Crippen LogP) is 22.6. The first kappa shape index (κ1) is 94.1. The first-order valence-corrected chi connectivity index (χ1v) is 42.9. The number of aliphatic hydroxyl groups is 1. The molecule has 6 atom stereocenters. The fourth-order valence-electron chi connectivity index (χ4n) is 11.7. The Balaban J connectivity index is 5.25. The topological polar surface area (TPSA) is 237 Å². The number of esters is 4. The molecule has 0 spiro atoms. The van der Waals surface area contributed by atoms with Crippen molar-refractivity contribution >= 4 is 39.5 Å². The van der Waals surface area contributed by atoms with Gasteiger partial charge in [0.15, 0.2) is 12.2 Å². The summed E-state index contributed by atoms with van der Waals surface area (Å²) in [5.74, 6) is 0.181. The molecule has 0 aliphatic rings. The Labute approximate surface area is 588 Å². The van der Waals surface area contributed by atoms with Crippen LogP contribution in [-0.2, 0) is 65.4 Å².